The molecule has 1 aromatic rings. The van der Waals surface area contributed by atoms with Crippen molar-refractivity contribution >= 4 is 21.9 Å². The van der Waals surface area contributed by atoms with Gasteiger partial charge in [-0.25, -0.2) is 4.79 Å². The lowest BCUT2D eigenvalue weighted by Crippen LogP contribution is -2.07. The Bertz CT molecular complexity index is 460. The van der Waals surface area contributed by atoms with Gasteiger partial charge in [0.2, 0.25) is 0 Å². The van der Waals surface area contributed by atoms with Gasteiger partial charge in [0.15, 0.2) is 0 Å². The highest BCUT2D eigenvalue weighted by Crippen LogP contribution is 2.30. The molecule has 0 saturated carbocycles. The molecule has 0 aliphatic carbocycles. The van der Waals surface area contributed by atoms with Crippen molar-refractivity contribution in [1.82, 2.24) is 0 Å². The van der Waals surface area contributed by atoms with Gasteiger partial charge in [-0.1, -0.05) is 5.92 Å². The van der Waals surface area contributed by atoms with Gasteiger partial charge in [0.05, 0.1) is 21.3 Å². The topological polar surface area (TPSA) is 44.8 Å². The number of ether oxygens (including phenoxy) is 3. The summed E-state index contributed by atoms with van der Waals surface area (Å²) in [6, 6.07) is 3.28. The van der Waals surface area contributed by atoms with Gasteiger partial charge in [0, 0.05) is 21.5 Å². The maximum atomic E-state index is 11.6. The lowest BCUT2D eigenvalue weighted by Gasteiger charge is -2.11. The first kappa shape index (κ1) is 13.4. The van der Waals surface area contributed by atoms with E-state index in [2.05, 4.69) is 31.4 Å². The maximum Gasteiger partial charge on any atom is 0.345 e. The average Bonchev–Trinajstić information content (AvgIpc) is 2.37. The molecule has 1 aromatic carbocycles. The van der Waals surface area contributed by atoms with Crippen LogP contribution in [0.1, 0.15) is 15.9 Å². The molecule has 0 bridgehead atoms. The molecule has 0 saturated heterocycles. The van der Waals surface area contributed by atoms with Crippen molar-refractivity contribution < 1.29 is 19.0 Å². The number of methoxy groups -OCH3 is 3. The monoisotopic (exact) mass is 298 g/mol. The van der Waals surface area contributed by atoms with Gasteiger partial charge in [-0.05, 0) is 17.0 Å². The van der Waals surface area contributed by atoms with Crippen LogP contribution >= 0.6 is 15.9 Å². The van der Waals surface area contributed by atoms with Crippen LogP contribution in [0.4, 0.5) is 0 Å². The summed E-state index contributed by atoms with van der Waals surface area (Å²) in [4.78, 5) is 14.2. The fourth-order valence-electron chi connectivity index (χ4n) is 1.34. The van der Waals surface area contributed by atoms with Crippen molar-refractivity contribution in [3.8, 4) is 22.2 Å². The molecule has 90 valence electrons. The number of benzene rings is 1. The Morgan fingerprint density at radius 2 is 1.71 bits per heavy atom. The number of rotatable bonds is 3. The minimum Gasteiger partial charge on any atom is -0.496 e. The number of hydrogen-bond acceptors (Lipinski definition) is 4. The number of carbonyl (C=O) groups is 1. The van der Waals surface area contributed by atoms with Crippen molar-refractivity contribution in [3.63, 3.8) is 0 Å². The van der Waals surface area contributed by atoms with E-state index >= 15 is 0 Å². The van der Waals surface area contributed by atoms with Gasteiger partial charge in [0.25, 0.3) is 0 Å². The molecule has 0 aliphatic heterocycles. The van der Waals surface area contributed by atoms with E-state index in [9.17, 15) is 4.79 Å². The Hall–Kier alpha value is -1.67. The highest BCUT2D eigenvalue weighted by molar-refractivity contribution is 9.12. The molecule has 0 aromatic heterocycles. The molecule has 1 rings (SSSR count). The quantitative estimate of drug-likeness (QED) is 0.634. The van der Waals surface area contributed by atoms with E-state index in [4.69, 9.17) is 9.47 Å². The van der Waals surface area contributed by atoms with Crippen molar-refractivity contribution in [2.45, 2.75) is 0 Å². The first-order valence-electron chi connectivity index (χ1n) is 4.63. The molecule has 17 heavy (non-hydrogen) atoms. The van der Waals surface area contributed by atoms with Gasteiger partial charge in [-0.2, -0.15) is 0 Å². The highest BCUT2D eigenvalue weighted by atomic mass is 79.9. The third-order valence-electron chi connectivity index (χ3n) is 2.09. The number of halogens is 1. The molecule has 0 aliphatic rings. The fourth-order valence-corrected chi connectivity index (χ4v) is 1.57. The predicted octanol–water partition coefficient (Wildman–Crippen LogP) is 2.19. The molecule has 0 spiro atoms. The van der Waals surface area contributed by atoms with E-state index in [-0.39, 0.29) is 5.56 Å². The molecule has 0 unspecified atom stereocenters. The third-order valence-corrected chi connectivity index (χ3v) is 2.29. The second kappa shape index (κ2) is 6.16. The molecule has 0 atom stereocenters. The third kappa shape index (κ3) is 2.92. The predicted molar refractivity (Wildman–Crippen MR) is 66.7 cm³/mol. The molecule has 4 nitrogen and oxygen atoms in total. The summed E-state index contributed by atoms with van der Waals surface area (Å²) in [6.07, 6.45) is 0. The zero-order chi connectivity index (χ0) is 12.8. The molecular weight excluding hydrogens is 288 g/mol. The van der Waals surface area contributed by atoms with E-state index in [1.807, 2.05) is 0 Å². The van der Waals surface area contributed by atoms with Crippen LogP contribution in [-0.2, 0) is 4.74 Å². The summed E-state index contributed by atoms with van der Waals surface area (Å²) >= 11 is 3.01. The zero-order valence-corrected chi connectivity index (χ0v) is 11.3. The van der Waals surface area contributed by atoms with Gasteiger partial charge in [0.1, 0.15) is 17.1 Å². The molecule has 0 fully saturated rings. The normalized spacial score (nSPS) is 8.94. The van der Waals surface area contributed by atoms with Crippen molar-refractivity contribution in [2.75, 3.05) is 21.3 Å². The Labute approximate surface area is 108 Å². The van der Waals surface area contributed by atoms with Crippen LogP contribution in [0.15, 0.2) is 12.1 Å². The lowest BCUT2D eigenvalue weighted by atomic mass is 10.1. The van der Waals surface area contributed by atoms with E-state index in [1.54, 1.807) is 12.1 Å². The summed E-state index contributed by atoms with van der Waals surface area (Å²) in [7, 11) is 4.23. The van der Waals surface area contributed by atoms with Crippen LogP contribution < -0.4 is 9.47 Å². The first-order valence-corrected chi connectivity index (χ1v) is 5.43. The fraction of sp³-hybridized carbons (Fsp3) is 0.250. The summed E-state index contributed by atoms with van der Waals surface area (Å²) in [5.74, 6) is 3.00. The van der Waals surface area contributed by atoms with E-state index in [0.717, 1.165) is 0 Å². The Morgan fingerprint density at radius 1 is 1.18 bits per heavy atom. The van der Waals surface area contributed by atoms with Crippen LogP contribution in [0.3, 0.4) is 0 Å². The van der Waals surface area contributed by atoms with Gasteiger partial charge in [-0.15, -0.1) is 0 Å². The standard InChI is InChI=1S/C12H11BrO4/c1-15-9-6-8(4-5-13)7-10(16-2)11(9)12(14)17-3/h6-7H,1-3H3. The van der Waals surface area contributed by atoms with Gasteiger partial charge >= 0.3 is 5.97 Å². The Kier molecular flexibility index (Phi) is 4.85. The van der Waals surface area contributed by atoms with Gasteiger partial charge < -0.3 is 14.2 Å². The molecule has 0 heterocycles. The maximum absolute atomic E-state index is 11.6. The second-order valence-electron chi connectivity index (χ2n) is 2.97. The van der Waals surface area contributed by atoms with Crippen molar-refractivity contribution in [3.05, 3.63) is 23.3 Å². The summed E-state index contributed by atoms with van der Waals surface area (Å²) in [5, 5.41) is 0. The smallest absolute Gasteiger partial charge is 0.345 e. The average molecular weight is 299 g/mol. The Balaban J connectivity index is 3.44. The van der Waals surface area contributed by atoms with Gasteiger partial charge in [-0.3, -0.25) is 0 Å². The van der Waals surface area contributed by atoms with E-state index < -0.39 is 5.97 Å². The number of hydrogen-bond donors (Lipinski definition) is 0. The molecule has 0 N–H and O–H groups in total. The Morgan fingerprint density at radius 3 is 2.06 bits per heavy atom. The minimum absolute atomic E-state index is 0.248. The number of esters is 1. The van der Waals surface area contributed by atoms with Crippen LogP contribution in [-0.4, -0.2) is 27.3 Å². The molecular formula is C12H11BrO4. The van der Waals surface area contributed by atoms with Crippen molar-refractivity contribution in [1.29, 1.82) is 0 Å². The SMILES string of the molecule is COC(=O)c1c(OC)cc(C#CBr)cc1OC. The van der Waals surface area contributed by atoms with Crippen LogP contribution in [0.5, 0.6) is 11.5 Å². The zero-order valence-electron chi connectivity index (χ0n) is 9.67. The van der Waals surface area contributed by atoms with E-state index in [1.165, 1.54) is 21.3 Å². The summed E-state index contributed by atoms with van der Waals surface area (Å²) < 4.78 is 14.9. The molecule has 0 amide bonds. The summed E-state index contributed by atoms with van der Waals surface area (Å²) in [6.45, 7) is 0. The van der Waals surface area contributed by atoms with Crippen LogP contribution in [0.2, 0.25) is 0 Å². The van der Waals surface area contributed by atoms with Crippen molar-refractivity contribution in [2.24, 2.45) is 0 Å². The first-order chi connectivity index (χ1) is 8.17. The van der Waals surface area contributed by atoms with Crippen LogP contribution in [0.25, 0.3) is 0 Å². The molecule has 0 radical (unpaired) electrons. The van der Waals surface area contributed by atoms with Crippen LogP contribution in [0, 0.1) is 10.8 Å². The van der Waals surface area contributed by atoms with E-state index in [0.29, 0.717) is 17.1 Å². The summed E-state index contributed by atoms with van der Waals surface area (Å²) in [5.41, 5.74) is 0.917. The molecule has 5 heteroatoms. The lowest BCUT2D eigenvalue weighted by molar-refractivity contribution is 0.0593. The number of carbonyl (C=O) groups excluding carboxylic acids is 1. The minimum atomic E-state index is -0.517. The largest absolute Gasteiger partial charge is 0.496 e. The highest BCUT2D eigenvalue weighted by Gasteiger charge is 2.20. The second-order valence-corrected chi connectivity index (χ2v) is 3.36.